The van der Waals surface area contributed by atoms with Crippen LogP contribution in [0.1, 0.15) is 0 Å². The molecule has 1 N–H and O–H groups in total. The number of aromatic amines is 1. The van der Waals surface area contributed by atoms with Gasteiger partial charge in [0.2, 0.25) is 5.75 Å². The van der Waals surface area contributed by atoms with Gasteiger partial charge in [0.15, 0.2) is 11.5 Å². The van der Waals surface area contributed by atoms with Gasteiger partial charge >= 0.3 is 6.01 Å². The van der Waals surface area contributed by atoms with Crippen molar-refractivity contribution in [3.8, 4) is 23.3 Å². The van der Waals surface area contributed by atoms with Crippen molar-refractivity contribution < 1.29 is 14.2 Å². The first-order valence-electron chi connectivity index (χ1n) is 4.47. The summed E-state index contributed by atoms with van der Waals surface area (Å²) in [5.41, 5.74) is 0. The molecule has 1 aromatic carbocycles. The Balaban J connectivity index is 2.37. The molecule has 16 heavy (non-hydrogen) atoms. The molecule has 0 aliphatic carbocycles. The highest BCUT2D eigenvalue weighted by atomic mass is 16.5. The van der Waals surface area contributed by atoms with Crippen LogP contribution in [0.25, 0.3) is 0 Å². The van der Waals surface area contributed by atoms with Crippen molar-refractivity contribution in [2.45, 2.75) is 0 Å². The number of aromatic nitrogens is 4. The van der Waals surface area contributed by atoms with Crippen molar-refractivity contribution in [3.05, 3.63) is 18.2 Å². The molecule has 0 unspecified atom stereocenters. The van der Waals surface area contributed by atoms with Crippen molar-refractivity contribution in [3.63, 3.8) is 0 Å². The summed E-state index contributed by atoms with van der Waals surface area (Å²) in [6.45, 7) is 0. The van der Waals surface area contributed by atoms with Gasteiger partial charge < -0.3 is 14.2 Å². The summed E-state index contributed by atoms with van der Waals surface area (Å²) in [7, 11) is 3.08. The molecule has 2 aromatic rings. The number of nitrogens with one attached hydrogen (secondary N) is 1. The Hall–Kier alpha value is -2.31. The monoisotopic (exact) mass is 222 g/mol. The smallest absolute Gasteiger partial charge is 0.338 e. The van der Waals surface area contributed by atoms with E-state index in [0.29, 0.717) is 17.2 Å². The van der Waals surface area contributed by atoms with Gasteiger partial charge in [-0.25, -0.2) is 5.10 Å². The van der Waals surface area contributed by atoms with Crippen molar-refractivity contribution in [1.29, 1.82) is 0 Å². The van der Waals surface area contributed by atoms with Crippen LogP contribution in [0.2, 0.25) is 0 Å². The highest BCUT2D eigenvalue weighted by Crippen LogP contribution is 2.38. The van der Waals surface area contributed by atoms with E-state index in [1.807, 2.05) is 0 Å². The SMILES string of the molecule is COc1cccc(OC)c1Oc1nnn[nH]1. The second kappa shape index (κ2) is 4.47. The number of benzene rings is 1. The second-order valence-electron chi connectivity index (χ2n) is 2.80. The van der Waals surface area contributed by atoms with Crippen LogP contribution < -0.4 is 14.2 Å². The molecule has 7 nitrogen and oxygen atoms in total. The molecule has 0 aliphatic rings. The quantitative estimate of drug-likeness (QED) is 0.831. The van der Waals surface area contributed by atoms with Crippen LogP contribution >= 0.6 is 0 Å². The molecule has 2 rings (SSSR count). The number of tetrazole rings is 1. The summed E-state index contributed by atoms with van der Waals surface area (Å²) >= 11 is 0. The lowest BCUT2D eigenvalue weighted by molar-refractivity contribution is 0.336. The number of hydrogen-bond donors (Lipinski definition) is 1. The Labute approximate surface area is 91.3 Å². The zero-order valence-corrected chi connectivity index (χ0v) is 8.80. The fourth-order valence-corrected chi connectivity index (χ4v) is 1.21. The lowest BCUT2D eigenvalue weighted by Gasteiger charge is -2.11. The summed E-state index contributed by atoms with van der Waals surface area (Å²) in [6, 6.07) is 5.47. The lowest BCUT2D eigenvalue weighted by atomic mass is 10.3. The van der Waals surface area contributed by atoms with Gasteiger partial charge in [0, 0.05) is 0 Å². The fraction of sp³-hybridized carbons (Fsp3) is 0.222. The standard InChI is InChI=1S/C9H10N4O3/c1-14-6-4-3-5-7(15-2)8(6)16-9-10-12-13-11-9/h3-5H,1-2H3,(H,10,11,12,13). The summed E-state index contributed by atoms with van der Waals surface area (Å²) in [5, 5.41) is 12.9. The largest absolute Gasteiger partial charge is 0.493 e. The molecular formula is C9H10N4O3. The first-order valence-corrected chi connectivity index (χ1v) is 4.47. The van der Waals surface area contributed by atoms with E-state index in [1.54, 1.807) is 32.4 Å². The number of para-hydroxylation sites is 1. The van der Waals surface area contributed by atoms with Gasteiger partial charge in [-0.3, -0.25) is 0 Å². The number of nitrogens with zero attached hydrogens (tertiary/aromatic N) is 3. The van der Waals surface area contributed by atoms with E-state index in [0.717, 1.165) is 0 Å². The Morgan fingerprint density at radius 1 is 1.12 bits per heavy atom. The van der Waals surface area contributed by atoms with Crippen LogP contribution in [0, 0.1) is 0 Å². The third kappa shape index (κ3) is 1.88. The van der Waals surface area contributed by atoms with Crippen LogP contribution in [-0.4, -0.2) is 34.8 Å². The lowest BCUT2D eigenvalue weighted by Crippen LogP contribution is -1.95. The van der Waals surface area contributed by atoms with Gasteiger partial charge in [-0.05, 0) is 22.6 Å². The zero-order valence-electron chi connectivity index (χ0n) is 8.80. The molecule has 1 aromatic heterocycles. The minimum Gasteiger partial charge on any atom is -0.493 e. The van der Waals surface area contributed by atoms with E-state index in [-0.39, 0.29) is 6.01 Å². The van der Waals surface area contributed by atoms with Crippen molar-refractivity contribution in [1.82, 2.24) is 20.6 Å². The van der Waals surface area contributed by atoms with E-state index in [1.165, 1.54) is 0 Å². The van der Waals surface area contributed by atoms with E-state index in [9.17, 15) is 0 Å². The predicted molar refractivity (Wildman–Crippen MR) is 53.8 cm³/mol. The van der Waals surface area contributed by atoms with Gasteiger partial charge in [0.1, 0.15) is 0 Å². The van der Waals surface area contributed by atoms with Gasteiger partial charge in [0.05, 0.1) is 14.2 Å². The maximum absolute atomic E-state index is 5.42. The maximum atomic E-state index is 5.42. The molecule has 0 saturated carbocycles. The molecule has 0 atom stereocenters. The molecule has 0 spiro atoms. The third-order valence-electron chi connectivity index (χ3n) is 1.91. The average Bonchev–Trinajstić information content (AvgIpc) is 2.82. The van der Waals surface area contributed by atoms with E-state index in [2.05, 4.69) is 20.6 Å². The summed E-state index contributed by atoms with van der Waals surface area (Å²) in [5.74, 6) is 1.50. The third-order valence-corrected chi connectivity index (χ3v) is 1.91. The molecule has 0 radical (unpaired) electrons. The number of rotatable bonds is 4. The first-order chi connectivity index (χ1) is 7.85. The van der Waals surface area contributed by atoms with Crippen LogP contribution in [0.15, 0.2) is 18.2 Å². The van der Waals surface area contributed by atoms with E-state index in [4.69, 9.17) is 14.2 Å². The molecule has 0 saturated heterocycles. The number of hydrogen-bond acceptors (Lipinski definition) is 6. The molecule has 0 amide bonds. The number of methoxy groups -OCH3 is 2. The summed E-state index contributed by atoms with van der Waals surface area (Å²) in [4.78, 5) is 0. The molecule has 7 heteroatoms. The van der Waals surface area contributed by atoms with Gasteiger partial charge in [-0.1, -0.05) is 11.2 Å². The Kier molecular flexibility index (Phi) is 2.86. The maximum Gasteiger partial charge on any atom is 0.338 e. The van der Waals surface area contributed by atoms with Gasteiger partial charge in [0.25, 0.3) is 0 Å². The van der Waals surface area contributed by atoms with Gasteiger partial charge in [-0.15, -0.1) is 0 Å². The van der Waals surface area contributed by atoms with Crippen LogP contribution in [-0.2, 0) is 0 Å². The molecule has 0 bridgehead atoms. The Bertz CT molecular complexity index is 436. The predicted octanol–water partition coefficient (Wildman–Crippen LogP) is 1.01. The Morgan fingerprint density at radius 3 is 2.31 bits per heavy atom. The molecule has 0 fully saturated rings. The first kappa shape index (κ1) is 10.2. The topological polar surface area (TPSA) is 82.2 Å². The van der Waals surface area contributed by atoms with Gasteiger partial charge in [-0.2, -0.15) is 0 Å². The summed E-state index contributed by atoms with van der Waals surface area (Å²) in [6.07, 6.45) is 0. The normalized spacial score (nSPS) is 9.88. The minimum absolute atomic E-state index is 0.169. The molecule has 1 heterocycles. The van der Waals surface area contributed by atoms with Crippen LogP contribution in [0.4, 0.5) is 0 Å². The van der Waals surface area contributed by atoms with E-state index < -0.39 is 0 Å². The van der Waals surface area contributed by atoms with Crippen LogP contribution in [0.5, 0.6) is 23.3 Å². The highest BCUT2D eigenvalue weighted by Gasteiger charge is 2.13. The Morgan fingerprint density at radius 2 is 1.81 bits per heavy atom. The fourth-order valence-electron chi connectivity index (χ4n) is 1.21. The van der Waals surface area contributed by atoms with Crippen molar-refractivity contribution in [2.75, 3.05) is 14.2 Å². The molecule has 84 valence electrons. The highest BCUT2D eigenvalue weighted by molar-refractivity contribution is 5.51. The zero-order chi connectivity index (χ0) is 11.4. The van der Waals surface area contributed by atoms with E-state index >= 15 is 0 Å². The molecular weight excluding hydrogens is 212 g/mol. The summed E-state index contributed by atoms with van der Waals surface area (Å²) < 4.78 is 15.7. The number of H-pyrrole nitrogens is 1. The average molecular weight is 222 g/mol. The van der Waals surface area contributed by atoms with Crippen LogP contribution in [0.3, 0.4) is 0 Å². The molecule has 0 aliphatic heterocycles. The number of ether oxygens (including phenoxy) is 3. The second-order valence-corrected chi connectivity index (χ2v) is 2.80. The van der Waals surface area contributed by atoms with Crippen molar-refractivity contribution >= 4 is 0 Å². The minimum atomic E-state index is 0.169. The van der Waals surface area contributed by atoms with Crippen molar-refractivity contribution in [2.24, 2.45) is 0 Å².